The smallest absolute Gasteiger partial charge is 0.237 e. The van der Waals surface area contributed by atoms with Gasteiger partial charge in [-0.3, -0.25) is 4.79 Å². The third kappa shape index (κ3) is 2.67. The number of amides is 1. The summed E-state index contributed by atoms with van der Waals surface area (Å²) in [7, 11) is 0. The van der Waals surface area contributed by atoms with Crippen molar-refractivity contribution in [3.8, 4) is 0 Å². The van der Waals surface area contributed by atoms with Crippen molar-refractivity contribution < 1.29 is 4.79 Å². The van der Waals surface area contributed by atoms with Crippen LogP contribution in [0.15, 0.2) is 0 Å². The zero-order valence-corrected chi connectivity index (χ0v) is 8.34. The fourth-order valence-corrected chi connectivity index (χ4v) is 1.73. The number of nitrogens with one attached hydrogen (secondary N) is 1. The highest BCUT2D eigenvalue weighted by atomic mass is 16.1. The summed E-state index contributed by atoms with van der Waals surface area (Å²) in [5.74, 6) is -0.312. The molecule has 0 aliphatic heterocycles. The Morgan fingerprint density at radius 2 is 2.08 bits per heavy atom. The highest BCUT2D eigenvalue weighted by Gasteiger charge is 2.31. The molecule has 2 atom stereocenters. The third-order valence-electron chi connectivity index (χ3n) is 2.65. The maximum absolute atomic E-state index is 11.0. The lowest BCUT2D eigenvalue weighted by Gasteiger charge is -2.26. The van der Waals surface area contributed by atoms with Gasteiger partial charge in [-0.05, 0) is 33.1 Å². The molecule has 0 radical (unpaired) electrons. The predicted molar refractivity (Wildman–Crippen MR) is 52.0 cm³/mol. The third-order valence-corrected chi connectivity index (χ3v) is 2.65. The Balaban J connectivity index is 2.44. The molecule has 76 valence electrons. The minimum Gasteiger partial charge on any atom is -0.368 e. The van der Waals surface area contributed by atoms with E-state index in [9.17, 15) is 4.79 Å². The zero-order chi connectivity index (χ0) is 10.1. The highest BCUT2D eigenvalue weighted by molar-refractivity contribution is 5.83. The van der Waals surface area contributed by atoms with E-state index in [1.54, 1.807) is 13.8 Å². The molecule has 1 rings (SSSR count). The molecule has 0 bridgehead atoms. The fourth-order valence-electron chi connectivity index (χ4n) is 1.73. The van der Waals surface area contributed by atoms with Gasteiger partial charge >= 0.3 is 0 Å². The number of hydrogen-bond donors (Lipinski definition) is 3. The average molecular weight is 185 g/mol. The number of carbonyl (C=O) groups excluding carboxylic acids is 1. The zero-order valence-electron chi connectivity index (χ0n) is 8.34. The van der Waals surface area contributed by atoms with Crippen molar-refractivity contribution in [3.05, 3.63) is 0 Å². The molecule has 1 fully saturated rings. The van der Waals surface area contributed by atoms with E-state index < -0.39 is 5.54 Å². The van der Waals surface area contributed by atoms with Crippen LogP contribution in [0.3, 0.4) is 0 Å². The average Bonchev–Trinajstić information content (AvgIpc) is 2.34. The van der Waals surface area contributed by atoms with Crippen LogP contribution in [0, 0.1) is 0 Å². The molecule has 0 aromatic rings. The highest BCUT2D eigenvalue weighted by Crippen LogP contribution is 2.19. The van der Waals surface area contributed by atoms with Gasteiger partial charge in [0.05, 0.1) is 5.54 Å². The minimum atomic E-state index is -0.616. The van der Waals surface area contributed by atoms with Gasteiger partial charge < -0.3 is 16.8 Å². The molecule has 0 saturated heterocycles. The van der Waals surface area contributed by atoms with E-state index in [2.05, 4.69) is 5.32 Å². The molecule has 4 heteroatoms. The first kappa shape index (κ1) is 10.5. The van der Waals surface area contributed by atoms with E-state index in [1.165, 1.54) is 0 Å². The van der Waals surface area contributed by atoms with Crippen LogP contribution < -0.4 is 16.8 Å². The second-order valence-corrected chi connectivity index (χ2v) is 4.40. The van der Waals surface area contributed by atoms with Crippen LogP contribution in [0.4, 0.5) is 0 Å². The van der Waals surface area contributed by atoms with Crippen LogP contribution in [0.1, 0.15) is 33.1 Å². The lowest BCUT2D eigenvalue weighted by atomic mass is 10.0. The van der Waals surface area contributed by atoms with Gasteiger partial charge in [0.25, 0.3) is 0 Å². The molecule has 1 aliphatic carbocycles. The van der Waals surface area contributed by atoms with Crippen molar-refractivity contribution in [2.24, 2.45) is 11.5 Å². The molecule has 4 nitrogen and oxygen atoms in total. The van der Waals surface area contributed by atoms with Crippen LogP contribution in [0.25, 0.3) is 0 Å². The van der Waals surface area contributed by atoms with E-state index in [0.717, 1.165) is 19.3 Å². The minimum absolute atomic E-state index is 0.279. The number of hydrogen-bond acceptors (Lipinski definition) is 3. The first-order valence-corrected chi connectivity index (χ1v) is 4.75. The summed E-state index contributed by atoms with van der Waals surface area (Å²) >= 11 is 0. The Kier molecular flexibility index (Phi) is 2.93. The molecule has 0 spiro atoms. The molecule has 0 heterocycles. The molecule has 0 aromatic carbocycles. The summed E-state index contributed by atoms with van der Waals surface area (Å²) in [6.45, 7) is 3.61. The summed E-state index contributed by atoms with van der Waals surface area (Å²) in [4.78, 5) is 11.0. The maximum atomic E-state index is 11.0. The van der Waals surface area contributed by atoms with E-state index >= 15 is 0 Å². The summed E-state index contributed by atoms with van der Waals surface area (Å²) in [6, 6.07) is 0.624. The van der Waals surface area contributed by atoms with Gasteiger partial charge in [-0.2, -0.15) is 0 Å². The topological polar surface area (TPSA) is 81.1 Å². The van der Waals surface area contributed by atoms with Gasteiger partial charge in [0.15, 0.2) is 0 Å². The fraction of sp³-hybridized carbons (Fsp3) is 0.889. The van der Waals surface area contributed by atoms with Crippen LogP contribution >= 0.6 is 0 Å². The van der Waals surface area contributed by atoms with Crippen LogP contribution in [0.5, 0.6) is 0 Å². The van der Waals surface area contributed by atoms with Crippen molar-refractivity contribution in [1.82, 2.24) is 5.32 Å². The summed E-state index contributed by atoms with van der Waals surface area (Å²) in [6.07, 6.45) is 3.01. The Morgan fingerprint density at radius 1 is 1.46 bits per heavy atom. The van der Waals surface area contributed by atoms with Gasteiger partial charge in [0.2, 0.25) is 5.91 Å². The second-order valence-electron chi connectivity index (χ2n) is 4.40. The molecule has 1 amide bonds. The predicted octanol–water partition coefficient (Wildman–Crippen LogP) is -0.280. The molecule has 0 aromatic heterocycles. The Labute approximate surface area is 79.0 Å². The second kappa shape index (κ2) is 3.64. The first-order valence-electron chi connectivity index (χ1n) is 4.75. The van der Waals surface area contributed by atoms with Crippen LogP contribution in [-0.2, 0) is 4.79 Å². The largest absolute Gasteiger partial charge is 0.368 e. The lowest BCUT2D eigenvalue weighted by Crippen LogP contribution is -2.54. The van der Waals surface area contributed by atoms with Crippen LogP contribution in [-0.4, -0.2) is 23.5 Å². The van der Waals surface area contributed by atoms with E-state index in [0.29, 0.717) is 6.04 Å². The summed E-state index contributed by atoms with van der Waals surface area (Å²) in [5, 5.41) is 3.23. The Morgan fingerprint density at radius 3 is 2.46 bits per heavy atom. The molecule has 13 heavy (non-hydrogen) atoms. The molecule has 2 unspecified atom stereocenters. The number of primary amides is 1. The normalized spacial score (nSPS) is 29.2. The first-order chi connectivity index (χ1) is 5.92. The Hall–Kier alpha value is -0.610. The standard InChI is InChI=1S/C9H19N3O/c1-9(2,8(11)13)12-7-4-3-6(10)5-7/h6-7,12H,3-5,10H2,1-2H3,(H2,11,13). The van der Waals surface area contributed by atoms with Crippen molar-refractivity contribution in [1.29, 1.82) is 0 Å². The van der Waals surface area contributed by atoms with Gasteiger partial charge in [0.1, 0.15) is 0 Å². The van der Waals surface area contributed by atoms with Gasteiger partial charge in [-0.15, -0.1) is 0 Å². The van der Waals surface area contributed by atoms with Gasteiger partial charge in [0, 0.05) is 12.1 Å². The van der Waals surface area contributed by atoms with Gasteiger partial charge in [-0.1, -0.05) is 0 Å². The van der Waals surface area contributed by atoms with Crippen molar-refractivity contribution >= 4 is 5.91 Å². The summed E-state index contributed by atoms with van der Waals surface area (Å²) < 4.78 is 0. The van der Waals surface area contributed by atoms with Crippen molar-refractivity contribution in [2.45, 2.75) is 50.7 Å². The molecule has 1 saturated carbocycles. The monoisotopic (exact) mass is 185 g/mol. The summed E-state index contributed by atoms with van der Waals surface area (Å²) in [5.41, 5.74) is 10.4. The van der Waals surface area contributed by atoms with E-state index in [-0.39, 0.29) is 11.9 Å². The van der Waals surface area contributed by atoms with Gasteiger partial charge in [-0.25, -0.2) is 0 Å². The lowest BCUT2D eigenvalue weighted by molar-refractivity contribution is -0.123. The van der Waals surface area contributed by atoms with Crippen molar-refractivity contribution in [2.75, 3.05) is 0 Å². The molecule has 1 aliphatic rings. The van der Waals surface area contributed by atoms with Crippen molar-refractivity contribution in [3.63, 3.8) is 0 Å². The maximum Gasteiger partial charge on any atom is 0.237 e. The number of carbonyl (C=O) groups is 1. The number of rotatable bonds is 3. The number of nitrogens with two attached hydrogens (primary N) is 2. The quantitative estimate of drug-likeness (QED) is 0.565. The van der Waals surface area contributed by atoms with E-state index in [1.807, 2.05) is 0 Å². The Bertz CT molecular complexity index is 203. The van der Waals surface area contributed by atoms with E-state index in [4.69, 9.17) is 11.5 Å². The van der Waals surface area contributed by atoms with Crippen LogP contribution in [0.2, 0.25) is 0 Å². The molecular formula is C9H19N3O. The SMILES string of the molecule is CC(C)(NC1CCC(N)C1)C(N)=O. The molecular weight excluding hydrogens is 166 g/mol. The molecule has 5 N–H and O–H groups in total.